The Bertz CT molecular complexity index is 127. The number of esters is 1. The molecule has 0 spiro atoms. The number of hydrogen-bond acceptors (Lipinski definition) is 2. The number of rotatable bonds is 3. The van der Waals surface area contributed by atoms with Crippen molar-refractivity contribution in [2.45, 2.75) is 27.2 Å². The van der Waals surface area contributed by atoms with Crippen LogP contribution >= 0.6 is 0 Å². The van der Waals surface area contributed by atoms with Gasteiger partial charge in [-0.2, -0.15) is 0 Å². The lowest BCUT2D eigenvalue weighted by molar-refractivity contribution is -0.135. The van der Waals surface area contributed by atoms with Gasteiger partial charge in [0, 0.05) is 6.92 Å². The van der Waals surface area contributed by atoms with Gasteiger partial charge in [0.15, 0.2) is 0 Å². The molecule has 0 saturated heterocycles. The molecule has 2 nitrogen and oxygen atoms in total. The molecule has 0 N–H and O–H groups in total. The summed E-state index contributed by atoms with van der Waals surface area (Å²) < 4.78 is 4.59. The molecular formula is C8H14O2. The van der Waals surface area contributed by atoms with Crippen molar-refractivity contribution in [3.05, 3.63) is 12.3 Å². The minimum absolute atomic E-state index is 0.264. The number of hydrogen-bond donors (Lipinski definition) is 0. The van der Waals surface area contributed by atoms with E-state index in [2.05, 4.69) is 18.6 Å². The lowest BCUT2D eigenvalue weighted by atomic mass is 10.1. The first-order chi connectivity index (χ1) is 4.66. The van der Waals surface area contributed by atoms with E-state index in [9.17, 15) is 4.79 Å². The highest BCUT2D eigenvalue weighted by Crippen LogP contribution is 2.01. The molecule has 0 aromatic heterocycles. The second kappa shape index (κ2) is 5.03. The van der Waals surface area contributed by atoms with E-state index in [1.807, 2.05) is 6.08 Å². The first-order valence-corrected chi connectivity index (χ1v) is 3.50. The Hall–Kier alpha value is -0.790. The zero-order chi connectivity index (χ0) is 7.98. The summed E-state index contributed by atoms with van der Waals surface area (Å²) in [6.07, 6.45) is 4.40. The lowest BCUT2D eigenvalue weighted by Gasteiger charge is -1.98. The van der Waals surface area contributed by atoms with Crippen molar-refractivity contribution < 1.29 is 9.53 Å². The number of carbonyl (C=O) groups excluding carboxylic acids is 1. The molecule has 0 heterocycles. The summed E-state index contributed by atoms with van der Waals surface area (Å²) in [4.78, 5) is 10.2. The molecule has 2 heteroatoms. The van der Waals surface area contributed by atoms with Gasteiger partial charge in [-0.15, -0.1) is 0 Å². The van der Waals surface area contributed by atoms with E-state index < -0.39 is 0 Å². The molecule has 0 aliphatic rings. The van der Waals surface area contributed by atoms with Crippen LogP contribution in [0.15, 0.2) is 12.3 Å². The van der Waals surface area contributed by atoms with Crippen LogP contribution < -0.4 is 0 Å². The molecule has 1 atom stereocenters. The van der Waals surface area contributed by atoms with E-state index in [0.717, 1.165) is 6.42 Å². The summed E-state index contributed by atoms with van der Waals surface area (Å²) in [5.74, 6) is 0.221. The molecule has 0 aromatic carbocycles. The summed E-state index contributed by atoms with van der Waals surface area (Å²) in [7, 11) is 0. The lowest BCUT2D eigenvalue weighted by Crippen LogP contribution is -1.91. The van der Waals surface area contributed by atoms with Crippen molar-refractivity contribution in [3.8, 4) is 0 Å². The number of ether oxygens (including phenoxy) is 1. The quantitative estimate of drug-likeness (QED) is 0.445. The Morgan fingerprint density at radius 2 is 2.30 bits per heavy atom. The average molecular weight is 142 g/mol. The SMILES string of the molecule is CCC(C)/C=C/OC(C)=O. The van der Waals surface area contributed by atoms with Crippen LogP contribution in [0.5, 0.6) is 0 Å². The maximum absolute atomic E-state index is 10.2. The van der Waals surface area contributed by atoms with Crippen LogP contribution in [-0.4, -0.2) is 5.97 Å². The van der Waals surface area contributed by atoms with Crippen molar-refractivity contribution >= 4 is 5.97 Å². The van der Waals surface area contributed by atoms with Gasteiger partial charge >= 0.3 is 5.97 Å². The summed E-state index contributed by atoms with van der Waals surface area (Å²) in [6.45, 7) is 5.55. The second-order valence-corrected chi connectivity index (χ2v) is 2.32. The number of allylic oxidation sites excluding steroid dienone is 1. The van der Waals surface area contributed by atoms with E-state index in [1.165, 1.54) is 13.2 Å². The van der Waals surface area contributed by atoms with Crippen LogP contribution in [-0.2, 0) is 9.53 Å². The van der Waals surface area contributed by atoms with E-state index in [4.69, 9.17) is 0 Å². The molecule has 0 aromatic rings. The van der Waals surface area contributed by atoms with Crippen molar-refractivity contribution in [3.63, 3.8) is 0 Å². The maximum Gasteiger partial charge on any atom is 0.307 e. The van der Waals surface area contributed by atoms with Crippen LogP contribution in [0.3, 0.4) is 0 Å². The molecule has 0 aliphatic carbocycles. The second-order valence-electron chi connectivity index (χ2n) is 2.32. The van der Waals surface area contributed by atoms with Gasteiger partial charge in [0.2, 0.25) is 0 Å². The van der Waals surface area contributed by atoms with Gasteiger partial charge in [-0.3, -0.25) is 4.79 Å². The van der Waals surface area contributed by atoms with Crippen LogP contribution in [0.25, 0.3) is 0 Å². The smallest absolute Gasteiger partial charge is 0.307 e. The fourth-order valence-corrected chi connectivity index (χ4v) is 0.405. The summed E-state index contributed by atoms with van der Waals surface area (Å²) in [5.41, 5.74) is 0. The predicted molar refractivity (Wildman–Crippen MR) is 40.4 cm³/mol. The predicted octanol–water partition coefficient (Wildman–Crippen LogP) is 2.11. The van der Waals surface area contributed by atoms with Gasteiger partial charge in [0.1, 0.15) is 0 Å². The molecular weight excluding hydrogens is 128 g/mol. The largest absolute Gasteiger partial charge is 0.435 e. The van der Waals surface area contributed by atoms with E-state index in [-0.39, 0.29) is 5.97 Å². The Balaban J connectivity index is 3.45. The molecule has 0 radical (unpaired) electrons. The standard InChI is InChI=1S/C8H14O2/c1-4-7(2)5-6-10-8(3)9/h5-7H,4H2,1-3H3/b6-5+. The maximum atomic E-state index is 10.2. The monoisotopic (exact) mass is 142 g/mol. The van der Waals surface area contributed by atoms with E-state index >= 15 is 0 Å². The van der Waals surface area contributed by atoms with E-state index in [1.54, 1.807) is 0 Å². The Morgan fingerprint density at radius 3 is 2.70 bits per heavy atom. The van der Waals surface area contributed by atoms with Crippen LogP contribution in [0.1, 0.15) is 27.2 Å². The summed E-state index contributed by atoms with van der Waals surface area (Å²) >= 11 is 0. The minimum Gasteiger partial charge on any atom is -0.435 e. The van der Waals surface area contributed by atoms with Crippen molar-refractivity contribution in [1.82, 2.24) is 0 Å². The average Bonchev–Trinajstić information content (AvgIpc) is 1.87. The molecule has 0 fully saturated rings. The highest BCUT2D eigenvalue weighted by Gasteiger charge is 1.90. The Kier molecular flexibility index (Phi) is 4.63. The van der Waals surface area contributed by atoms with Crippen LogP contribution in [0.2, 0.25) is 0 Å². The third-order valence-corrected chi connectivity index (χ3v) is 1.29. The first-order valence-electron chi connectivity index (χ1n) is 3.50. The van der Waals surface area contributed by atoms with Gasteiger partial charge in [0.05, 0.1) is 6.26 Å². The third kappa shape index (κ3) is 5.35. The fourth-order valence-electron chi connectivity index (χ4n) is 0.405. The van der Waals surface area contributed by atoms with Crippen molar-refractivity contribution in [2.24, 2.45) is 5.92 Å². The van der Waals surface area contributed by atoms with Crippen LogP contribution in [0.4, 0.5) is 0 Å². The molecule has 0 amide bonds. The number of carbonyl (C=O) groups is 1. The Labute approximate surface area is 61.9 Å². The molecule has 58 valence electrons. The normalized spacial score (nSPS) is 13.5. The van der Waals surface area contributed by atoms with Gasteiger partial charge in [-0.25, -0.2) is 0 Å². The topological polar surface area (TPSA) is 26.3 Å². The van der Waals surface area contributed by atoms with Crippen LogP contribution in [0, 0.1) is 5.92 Å². The van der Waals surface area contributed by atoms with Gasteiger partial charge < -0.3 is 4.74 Å². The van der Waals surface area contributed by atoms with Gasteiger partial charge in [0.25, 0.3) is 0 Å². The molecule has 0 aliphatic heterocycles. The molecule has 1 unspecified atom stereocenters. The zero-order valence-corrected chi connectivity index (χ0v) is 6.76. The van der Waals surface area contributed by atoms with Crippen molar-refractivity contribution in [2.75, 3.05) is 0 Å². The molecule has 10 heavy (non-hydrogen) atoms. The molecule has 0 saturated carbocycles. The fraction of sp³-hybridized carbons (Fsp3) is 0.625. The molecule has 0 bridgehead atoms. The highest BCUT2D eigenvalue weighted by atomic mass is 16.5. The van der Waals surface area contributed by atoms with Crippen molar-refractivity contribution in [1.29, 1.82) is 0 Å². The van der Waals surface area contributed by atoms with Gasteiger partial charge in [-0.1, -0.05) is 13.8 Å². The van der Waals surface area contributed by atoms with Gasteiger partial charge in [-0.05, 0) is 18.4 Å². The first kappa shape index (κ1) is 9.21. The molecule has 0 rings (SSSR count). The minimum atomic E-state index is -0.264. The summed E-state index contributed by atoms with van der Waals surface area (Å²) in [6, 6.07) is 0. The third-order valence-electron chi connectivity index (χ3n) is 1.29. The Morgan fingerprint density at radius 1 is 1.70 bits per heavy atom. The highest BCUT2D eigenvalue weighted by molar-refractivity contribution is 5.66. The summed E-state index contributed by atoms with van der Waals surface area (Å²) in [5, 5.41) is 0. The zero-order valence-electron chi connectivity index (χ0n) is 6.76. The van der Waals surface area contributed by atoms with E-state index in [0.29, 0.717) is 5.92 Å².